The van der Waals surface area contributed by atoms with E-state index < -0.39 is 6.10 Å². The lowest BCUT2D eigenvalue weighted by molar-refractivity contribution is 0.191. The van der Waals surface area contributed by atoms with Crippen LogP contribution in [0.15, 0.2) is 42.5 Å². The van der Waals surface area contributed by atoms with E-state index in [1.807, 2.05) is 56.3 Å². The van der Waals surface area contributed by atoms with Crippen molar-refractivity contribution in [2.24, 2.45) is 0 Å². The number of nitrogens with one attached hydrogen (secondary N) is 1. The smallest absolute Gasteiger partial charge is 0.141 e. The third kappa shape index (κ3) is 3.31. The zero-order chi connectivity index (χ0) is 14.5. The molecule has 2 rings (SSSR count). The van der Waals surface area contributed by atoms with E-state index >= 15 is 0 Å². The summed E-state index contributed by atoms with van der Waals surface area (Å²) in [6.45, 7) is 4.48. The molecular weight excluding hydrogens is 250 g/mol. The average Bonchev–Trinajstić information content (AvgIpc) is 2.45. The molecule has 2 aromatic carbocycles. The summed E-state index contributed by atoms with van der Waals surface area (Å²) in [5.41, 5.74) is 4.10. The van der Waals surface area contributed by atoms with Gasteiger partial charge in [-0.2, -0.15) is 0 Å². The van der Waals surface area contributed by atoms with Crippen LogP contribution < -0.4 is 10.1 Å². The number of anilines is 1. The zero-order valence-electron chi connectivity index (χ0n) is 12.2. The Kier molecular flexibility index (Phi) is 4.64. The second kappa shape index (κ2) is 6.44. The molecule has 2 aromatic rings. The van der Waals surface area contributed by atoms with Gasteiger partial charge in [0.25, 0.3) is 0 Å². The zero-order valence-corrected chi connectivity index (χ0v) is 12.2. The van der Waals surface area contributed by atoms with Crippen molar-refractivity contribution in [3.05, 3.63) is 59.2 Å². The molecule has 106 valence electrons. The van der Waals surface area contributed by atoms with E-state index in [-0.39, 0.29) is 0 Å². The van der Waals surface area contributed by atoms with Gasteiger partial charge < -0.3 is 15.2 Å². The molecule has 1 unspecified atom stereocenters. The van der Waals surface area contributed by atoms with E-state index in [2.05, 4.69) is 5.32 Å². The van der Waals surface area contributed by atoms with E-state index in [4.69, 9.17) is 4.74 Å². The average molecular weight is 271 g/mol. The molecule has 0 bridgehead atoms. The molecule has 0 radical (unpaired) electrons. The molecule has 0 aliphatic heterocycles. The summed E-state index contributed by atoms with van der Waals surface area (Å²) in [4.78, 5) is 0. The van der Waals surface area contributed by atoms with Crippen molar-refractivity contribution < 1.29 is 9.84 Å². The van der Waals surface area contributed by atoms with Crippen LogP contribution in [0.2, 0.25) is 0 Å². The molecule has 0 aromatic heterocycles. The Morgan fingerprint density at radius 1 is 1.15 bits per heavy atom. The van der Waals surface area contributed by atoms with Crippen molar-refractivity contribution in [3.8, 4) is 5.75 Å². The Bertz CT molecular complexity index is 581. The van der Waals surface area contributed by atoms with Crippen LogP contribution in [0, 0.1) is 13.8 Å². The van der Waals surface area contributed by atoms with Gasteiger partial charge in [-0.05, 0) is 42.7 Å². The van der Waals surface area contributed by atoms with Crippen LogP contribution in [0.4, 0.5) is 5.69 Å². The van der Waals surface area contributed by atoms with Gasteiger partial charge >= 0.3 is 0 Å². The summed E-state index contributed by atoms with van der Waals surface area (Å²) in [6, 6.07) is 13.8. The van der Waals surface area contributed by atoms with Crippen LogP contribution >= 0.6 is 0 Å². The van der Waals surface area contributed by atoms with Gasteiger partial charge in [0.15, 0.2) is 0 Å². The maximum Gasteiger partial charge on any atom is 0.141 e. The van der Waals surface area contributed by atoms with Gasteiger partial charge in [0, 0.05) is 6.54 Å². The van der Waals surface area contributed by atoms with Gasteiger partial charge in [0.2, 0.25) is 0 Å². The van der Waals surface area contributed by atoms with E-state index in [9.17, 15) is 5.11 Å². The largest absolute Gasteiger partial charge is 0.495 e. The molecule has 0 aliphatic carbocycles. The Morgan fingerprint density at radius 3 is 2.60 bits per heavy atom. The lowest BCUT2D eigenvalue weighted by Gasteiger charge is -2.17. The topological polar surface area (TPSA) is 41.5 Å². The van der Waals surface area contributed by atoms with Gasteiger partial charge in [0.1, 0.15) is 5.75 Å². The van der Waals surface area contributed by atoms with Crippen molar-refractivity contribution in [1.82, 2.24) is 0 Å². The predicted molar refractivity (Wildman–Crippen MR) is 82.4 cm³/mol. The van der Waals surface area contributed by atoms with Gasteiger partial charge in [0.05, 0.1) is 18.9 Å². The van der Waals surface area contributed by atoms with Crippen molar-refractivity contribution in [2.75, 3.05) is 19.0 Å². The third-order valence-corrected chi connectivity index (χ3v) is 3.39. The number of methoxy groups -OCH3 is 1. The van der Waals surface area contributed by atoms with Gasteiger partial charge in [-0.15, -0.1) is 0 Å². The fourth-order valence-electron chi connectivity index (χ4n) is 2.24. The maximum atomic E-state index is 10.3. The number of benzene rings is 2. The normalized spacial score (nSPS) is 12.0. The van der Waals surface area contributed by atoms with Crippen LogP contribution in [0.1, 0.15) is 22.8 Å². The SMILES string of the molecule is COc1ccc(C)cc1NCC(O)c1ccccc1C. The second-order valence-corrected chi connectivity index (χ2v) is 4.96. The van der Waals surface area contributed by atoms with E-state index in [0.717, 1.165) is 28.1 Å². The Labute approximate surface area is 120 Å². The fraction of sp³-hybridized carbons (Fsp3) is 0.294. The lowest BCUT2D eigenvalue weighted by Crippen LogP contribution is -2.13. The molecule has 2 N–H and O–H groups in total. The third-order valence-electron chi connectivity index (χ3n) is 3.39. The number of aliphatic hydroxyl groups excluding tert-OH is 1. The van der Waals surface area contributed by atoms with E-state index in [1.165, 1.54) is 0 Å². The molecule has 1 atom stereocenters. The summed E-state index contributed by atoms with van der Waals surface area (Å²) >= 11 is 0. The minimum absolute atomic E-state index is 0.449. The maximum absolute atomic E-state index is 10.3. The second-order valence-electron chi connectivity index (χ2n) is 4.96. The van der Waals surface area contributed by atoms with E-state index in [0.29, 0.717) is 6.54 Å². The number of hydrogen-bond donors (Lipinski definition) is 2. The molecule has 0 fully saturated rings. The highest BCUT2D eigenvalue weighted by Gasteiger charge is 2.11. The van der Waals surface area contributed by atoms with Crippen molar-refractivity contribution in [1.29, 1.82) is 0 Å². The van der Waals surface area contributed by atoms with Gasteiger partial charge in [-0.1, -0.05) is 30.3 Å². The quantitative estimate of drug-likeness (QED) is 0.875. The monoisotopic (exact) mass is 271 g/mol. The number of hydrogen-bond acceptors (Lipinski definition) is 3. The van der Waals surface area contributed by atoms with Crippen LogP contribution in [0.25, 0.3) is 0 Å². The van der Waals surface area contributed by atoms with Gasteiger partial charge in [-0.3, -0.25) is 0 Å². The fourth-order valence-corrected chi connectivity index (χ4v) is 2.24. The van der Waals surface area contributed by atoms with Crippen LogP contribution in [-0.2, 0) is 0 Å². The molecule has 0 saturated carbocycles. The van der Waals surface area contributed by atoms with Crippen molar-refractivity contribution >= 4 is 5.69 Å². The molecule has 0 saturated heterocycles. The first kappa shape index (κ1) is 14.4. The molecule has 0 spiro atoms. The summed E-state index contributed by atoms with van der Waals surface area (Å²) in [5, 5.41) is 13.5. The molecule has 3 heteroatoms. The molecular formula is C17H21NO2. The van der Waals surface area contributed by atoms with Crippen LogP contribution in [0.5, 0.6) is 5.75 Å². The Balaban J connectivity index is 2.09. The minimum atomic E-state index is -0.540. The van der Waals surface area contributed by atoms with E-state index in [1.54, 1.807) is 7.11 Å². The highest BCUT2D eigenvalue weighted by molar-refractivity contribution is 5.58. The molecule has 20 heavy (non-hydrogen) atoms. The molecule has 0 heterocycles. The first-order valence-corrected chi connectivity index (χ1v) is 6.74. The van der Waals surface area contributed by atoms with Crippen molar-refractivity contribution in [2.45, 2.75) is 20.0 Å². The molecule has 0 aliphatic rings. The highest BCUT2D eigenvalue weighted by atomic mass is 16.5. The lowest BCUT2D eigenvalue weighted by atomic mass is 10.0. The van der Waals surface area contributed by atoms with Crippen LogP contribution in [0.3, 0.4) is 0 Å². The first-order chi connectivity index (χ1) is 9.61. The molecule has 0 amide bonds. The summed E-state index contributed by atoms with van der Waals surface area (Å²) in [7, 11) is 1.65. The number of aliphatic hydroxyl groups is 1. The summed E-state index contributed by atoms with van der Waals surface area (Å²) in [5.74, 6) is 0.785. The highest BCUT2D eigenvalue weighted by Crippen LogP contribution is 2.26. The Morgan fingerprint density at radius 2 is 1.90 bits per heavy atom. The predicted octanol–water partition coefficient (Wildman–Crippen LogP) is 3.46. The summed E-state index contributed by atoms with van der Waals surface area (Å²) in [6.07, 6.45) is -0.540. The first-order valence-electron chi connectivity index (χ1n) is 6.74. The Hall–Kier alpha value is -2.00. The number of rotatable bonds is 5. The van der Waals surface area contributed by atoms with Gasteiger partial charge in [-0.25, -0.2) is 0 Å². The standard InChI is InChI=1S/C17H21NO2/c1-12-8-9-17(20-3)15(10-12)18-11-16(19)14-7-5-4-6-13(14)2/h4-10,16,18-19H,11H2,1-3H3. The minimum Gasteiger partial charge on any atom is -0.495 e. The number of aryl methyl sites for hydroxylation is 2. The number of ether oxygens (including phenoxy) is 1. The van der Waals surface area contributed by atoms with Crippen molar-refractivity contribution in [3.63, 3.8) is 0 Å². The summed E-state index contributed by atoms with van der Waals surface area (Å²) < 4.78 is 5.32. The van der Waals surface area contributed by atoms with Crippen LogP contribution in [-0.4, -0.2) is 18.8 Å². The molecule has 3 nitrogen and oxygen atoms in total.